The Hall–Kier alpha value is -3.11. The second-order valence-corrected chi connectivity index (χ2v) is 7.77. The van der Waals surface area contributed by atoms with Crippen LogP contribution >= 0.6 is 11.3 Å². The average molecular weight is 415 g/mol. The summed E-state index contributed by atoms with van der Waals surface area (Å²) in [5, 5.41) is 9.62. The Morgan fingerprint density at radius 2 is 2.17 bits per heavy atom. The first-order valence-electron chi connectivity index (χ1n) is 8.97. The summed E-state index contributed by atoms with van der Waals surface area (Å²) in [5.74, 6) is -0.427. The standard InChI is InChI=1S/C19H18FN5O3S/c1-11-7-15(24-28-11)18(27)23-19-22-14-5-6-25(9-16(14)29-19)10-17(26)21-13-4-2-3-12(20)8-13/h2-4,7-8H,5-6,9-10H2,1H3,(H,21,26)(H,22,23,27). The summed E-state index contributed by atoms with van der Waals surface area (Å²) in [5.41, 5.74) is 1.55. The fourth-order valence-electron chi connectivity index (χ4n) is 3.04. The van der Waals surface area contributed by atoms with Crippen molar-refractivity contribution in [3.05, 3.63) is 58.2 Å². The van der Waals surface area contributed by atoms with Crippen LogP contribution in [0.1, 0.15) is 26.8 Å². The van der Waals surface area contributed by atoms with Gasteiger partial charge in [0.1, 0.15) is 11.6 Å². The minimum Gasteiger partial charge on any atom is -0.361 e. The van der Waals surface area contributed by atoms with E-state index in [-0.39, 0.29) is 24.1 Å². The van der Waals surface area contributed by atoms with Gasteiger partial charge in [0.2, 0.25) is 5.91 Å². The lowest BCUT2D eigenvalue weighted by Crippen LogP contribution is -2.36. The molecule has 0 bridgehead atoms. The van der Waals surface area contributed by atoms with Gasteiger partial charge in [0, 0.05) is 36.1 Å². The Morgan fingerprint density at radius 1 is 1.31 bits per heavy atom. The van der Waals surface area contributed by atoms with Crippen molar-refractivity contribution in [2.24, 2.45) is 0 Å². The number of amides is 2. The summed E-state index contributed by atoms with van der Waals surface area (Å²) in [7, 11) is 0. The van der Waals surface area contributed by atoms with Crippen LogP contribution in [0.15, 0.2) is 34.9 Å². The average Bonchev–Trinajstić information content (AvgIpc) is 3.27. The molecule has 2 N–H and O–H groups in total. The summed E-state index contributed by atoms with van der Waals surface area (Å²) in [4.78, 5) is 31.9. The van der Waals surface area contributed by atoms with Crippen molar-refractivity contribution in [1.82, 2.24) is 15.0 Å². The zero-order valence-electron chi connectivity index (χ0n) is 15.6. The van der Waals surface area contributed by atoms with E-state index < -0.39 is 5.82 Å². The SMILES string of the molecule is Cc1cc(C(=O)Nc2nc3c(s2)CN(CC(=O)Nc2cccc(F)c2)CC3)no1. The number of halogens is 1. The molecule has 150 valence electrons. The van der Waals surface area contributed by atoms with Crippen LogP contribution in [0.5, 0.6) is 0 Å². The third kappa shape index (κ3) is 4.66. The van der Waals surface area contributed by atoms with Crippen LogP contribution in [0.25, 0.3) is 0 Å². The van der Waals surface area contributed by atoms with E-state index >= 15 is 0 Å². The lowest BCUT2D eigenvalue weighted by atomic mass is 10.2. The largest absolute Gasteiger partial charge is 0.361 e. The Bertz CT molecular complexity index is 1060. The van der Waals surface area contributed by atoms with Gasteiger partial charge < -0.3 is 9.84 Å². The summed E-state index contributed by atoms with van der Waals surface area (Å²) in [6.07, 6.45) is 0.679. The Labute approximate surface area is 169 Å². The molecule has 0 aliphatic carbocycles. The molecular weight excluding hydrogens is 397 g/mol. The van der Waals surface area contributed by atoms with E-state index in [0.717, 1.165) is 10.6 Å². The molecular formula is C19H18FN5O3S. The molecule has 0 saturated carbocycles. The van der Waals surface area contributed by atoms with E-state index in [1.54, 1.807) is 25.1 Å². The van der Waals surface area contributed by atoms with E-state index in [0.29, 0.717) is 36.1 Å². The number of aryl methyl sites for hydroxylation is 1. The van der Waals surface area contributed by atoms with Gasteiger partial charge in [0.05, 0.1) is 12.2 Å². The molecule has 2 aromatic heterocycles. The van der Waals surface area contributed by atoms with Gasteiger partial charge in [-0.1, -0.05) is 11.2 Å². The third-order valence-electron chi connectivity index (χ3n) is 4.37. The normalized spacial score (nSPS) is 13.7. The van der Waals surface area contributed by atoms with Crippen LogP contribution in [0.4, 0.5) is 15.2 Å². The van der Waals surface area contributed by atoms with E-state index in [4.69, 9.17) is 4.52 Å². The van der Waals surface area contributed by atoms with Crippen LogP contribution < -0.4 is 10.6 Å². The van der Waals surface area contributed by atoms with Crippen molar-refractivity contribution < 1.29 is 18.5 Å². The first-order valence-corrected chi connectivity index (χ1v) is 9.79. The lowest BCUT2D eigenvalue weighted by Gasteiger charge is -2.25. The molecule has 3 heterocycles. The van der Waals surface area contributed by atoms with Crippen LogP contribution in [0.2, 0.25) is 0 Å². The van der Waals surface area contributed by atoms with Crippen LogP contribution in [-0.4, -0.2) is 39.9 Å². The number of aromatic nitrogens is 2. The molecule has 1 aliphatic rings. The molecule has 3 aromatic rings. The highest BCUT2D eigenvalue weighted by Crippen LogP contribution is 2.28. The topological polar surface area (TPSA) is 100 Å². The number of nitrogens with one attached hydrogen (secondary N) is 2. The van der Waals surface area contributed by atoms with Crippen molar-refractivity contribution in [2.75, 3.05) is 23.7 Å². The highest BCUT2D eigenvalue weighted by Gasteiger charge is 2.23. The number of hydrogen-bond donors (Lipinski definition) is 2. The number of carbonyl (C=O) groups is 2. The second-order valence-electron chi connectivity index (χ2n) is 6.68. The predicted octanol–water partition coefficient (Wildman–Crippen LogP) is 2.83. The molecule has 29 heavy (non-hydrogen) atoms. The molecule has 0 spiro atoms. The lowest BCUT2D eigenvalue weighted by molar-refractivity contribution is -0.117. The predicted molar refractivity (Wildman–Crippen MR) is 105 cm³/mol. The minimum absolute atomic E-state index is 0.188. The first kappa shape index (κ1) is 19.2. The van der Waals surface area contributed by atoms with Gasteiger partial charge in [0.15, 0.2) is 10.8 Å². The number of carbonyl (C=O) groups excluding carboxylic acids is 2. The van der Waals surface area contributed by atoms with Gasteiger partial charge in [-0.3, -0.25) is 19.8 Å². The molecule has 0 saturated heterocycles. The summed E-state index contributed by atoms with van der Waals surface area (Å²) >= 11 is 1.38. The number of thiazole rings is 1. The highest BCUT2D eigenvalue weighted by molar-refractivity contribution is 7.15. The van der Waals surface area contributed by atoms with Crippen LogP contribution in [-0.2, 0) is 17.8 Å². The number of rotatable bonds is 5. The number of hydrogen-bond acceptors (Lipinski definition) is 7. The molecule has 1 aromatic carbocycles. The maximum absolute atomic E-state index is 13.2. The Morgan fingerprint density at radius 3 is 2.93 bits per heavy atom. The van der Waals surface area contributed by atoms with Gasteiger partial charge in [-0.25, -0.2) is 9.37 Å². The monoisotopic (exact) mass is 415 g/mol. The maximum Gasteiger partial charge on any atom is 0.279 e. The van der Waals surface area contributed by atoms with Gasteiger partial charge in [0.25, 0.3) is 5.91 Å². The van der Waals surface area contributed by atoms with Crippen molar-refractivity contribution in [2.45, 2.75) is 19.9 Å². The Balaban J connectivity index is 1.35. The summed E-state index contributed by atoms with van der Waals surface area (Å²) < 4.78 is 18.1. The molecule has 0 fully saturated rings. The van der Waals surface area contributed by atoms with Crippen molar-refractivity contribution >= 4 is 34.0 Å². The molecule has 10 heteroatoms. The fourth-order valence-corrected chi connectivity index (χ4v) is 4.09. The van der Waals surface area contributed by atoms with Crippen LogP contribution in [0, 0.1) is 12.7 Å². The molecule has 0 atom stereocenters. The zero-order chi connectivity index (χ0) is 20.4. The molecule has 8 nitrogen and oxygen atoms in total. The number of fused-ring (bicyclic) bond motifs is 1. The van der Waals surface area contributed by atoms with Gasteiger partial charge >= 0.3 is 0 Å². The molecule has 2 amide bonds. The quantitative estimate of drug-likeness (QED) is 0.665. The zero-order valence-corrected chi connectivity index (χ0v) is 16.4. The van der Waals surface area contributed by atoms with Crippen LogP contribution in [0.3, 0.4) is 0 Å². The number of benzene rings is 1. The van der Waals surface area contributed by atoms with Crippen molar-refractivity contribution in [3.8, 4) is 0 Å². The van der Waals surface area contributed by atoms with Crippen molar-refractivity contribution in [3.63, 3.8) is 0 Å². The summed E-state index contributed by atoms with van der Waals surface area (Å²) in [6, 6.07) is 7.35. The maximum atomic E-state index is 13.2. The first-order chi connectivity index (χ1) is 14.0. The highest BCUT2D eigenvalue weighted by atomic mass is 32.1. The number of nitrogens with zero attached hydrogens (tertiary/aromatic N) is 3. The molecule has 0 unspecified atom stereocenters. The van der Waals surface area contributed by atoms with E-state index in [1.807, 2.05) is 4.90 Å². The minimum atomic E-state index is -0.398. The van der Waals surface area contributed by atoms with E-state index in [1.165, 1.54) is 23.5 Å². The Kier molecular flexibility index (Phi) is 5.36. The smallest absolute Gasteiger partial charge is 0.279 e. The van der Waals surface area contributed by atoms with Crippen molar-refractivity contribution in [1.29, 1.82) is 0 Å². The fraction of sp³-hybridized carbons (Fsp3) is 0.263. The molecule has 4 rings (SSSR count). The van der Waals surface area contributed by atoms with Gasteiger partial charge in [-0.2, -0.15) is 0 Å². The second kappa shape index (κ2) is 8.10. The molecule has 1 aliphatic heterocycles. The summed E-state index contributed by atoms with van der Waals surface area (Å²) in [6.45, 7) is 3.13. The third-order valence-corrected chi connectivity index (χ3v) is 5.36. The molecule has 0 radical (unpaired) electrons. The number of anilines is 2. The van der Waals surface area contributed by atoms with Gasteiger partial charge in [-0.15, -0.1) is 11.3 Å². The van der Waals surface area contributed by atoms with E-state index in [2.05, 4.69) is 20.8 Å². The van der Waals surface area contributed by atoms with E-state index in [9.17, 15) is 14.0 Å². The van der Waals surface area contributed by atoms with Gasteiger partial charge in [-0.05, 0) is 25.1 Å².